The van der Waals surface area contributed by atoms with E-state index in [1.165, 1.54) is 0 Å². The zero-order valence-electron chi connectivity index (χ0n) is 30.5. The summed E-state index contributed by atoms with van der Waals surface area (Å²) in [6, 6.07) is 29.2. The van der Waals surface area contributed by atoms with Gasteiger partial charge in [0.1, 0.15) is 0 Å². The Balaban J connectivity index is 1.57. The van der Waals surface area contributed by atoms with Gasteiger partial charge >= 0.3 is 0 Å². The first-order valence-electron chi connectivity index (χ1n) is 17.1. The lowest BCUT2D eigenvalue weighted by Crippen LogP contribution is -2.00. The number of rotatable bonds is 14. The molecule has 3 aromatic carbocycles. The molecule has 4 aromatic rings. The Morgan fingerprint density at radius 1 is 0.784 bits per heavy atom. The maximum absolute atomic E-state index is 4.98. The Labute approximate surface area is 305 Å². The molecule has 1 aromatic heterocycles. The van der Waals surface area contributed by atoms with Gasteiger partial charge in [0.05, 0.1) is 17.1 Å². The highest BCUT2D eigenvalue weighted by atomic mass is 14.9. The van der Waals surface area contributed by atoms with Crippen LogP contribution in [0.3, 0.4) is 0 Å². The first-order chi connectivity index (χ1) is 24.7. The van der Waals surface area contributed by atoms with Crippen LogP contribution < -0.4 is 0 Å². The molecule has 0 atom stereocenters. The predicted molar refractivity (Wildman–Crippen MR) is 225 cm³/mol. The molecule has 0 radical (unpaired) electrons. The van der Waals surface area contributed by atoms with Crippen LogP contribution in [0, 0.1) is 6.92 Å². The van der Waals surface area contributed by atoms with E-state index in [0.29, 0.717) is 11.5 Å². The van der Waals surface area contributed by atoms with E-state index in [-0.39, 0.29) is 0 Å². The number of allylic oxidation sites excluding steroid dienone is 11. The van der Waals surface area contributed by atoms with Gasteiger partial charge in [-0.05, 0) is 109 Å². The lowest BCUT2D eigenvalue weighted by Gasteiger charge is -2.10. The topological polar surface area (TPSA) is 37.6 Å². The van der Waals surface area contributed by atoms with Crippen LogP contribution in [0.25, 0.3) is 34.5 Å². The average molecular weight is 666 g/mol. The fraction of sp³-hybridized carbons (Fsp3) is 0.104. The molecule has 4 rings (SSSR count). The van der Waals surface area contributed by atoms with Crippen molar-refractivity contribution >= 4 is 40.7 Å². The molecule has 51 heavy (non-hydrogen) atoms. The first-order valence-corrected chi connectivity index (χ1v) is 17.1. The number of aromatic nitrogens is 1. The number of aliphatic imine (C=N–C) groups is 2. The summed E-state index contributed by atoms with van der Waals surface area (Å²) < 4.78 is 0. The van der Waals surface area contributed by atoms with Crippen molar-refractivity contribution < 1.29 is 0 Å². The third-order valence-corrected chi connectivity index (χ3v) is 8.31. The lowest BCUT2D eigenvalue weighted by molar-refractivity contribution is 1.20. The summed E-state index contributed by atoms with van der Waals surface area (Å²) >= 11 is 0. The van der Waals surface area contributed by atoms with E-state index in [0.717, 1.165) is 72.8 Å². The monoisotopic (exact) mass is 665 g/mol. The van der Waals surface area contributed by atoms with E-state index in [1.54, 1.807) is 6.08 Å². The van der Waals surface area contributed by atoms with E-state index in [4.69, 9.17) is 15.0 Å². The minimum absolute atomic E-state index is 0.699. The number of nitrogens with zero attached hydrogens (tertiary/aromatic N) is 3. The van der Waals surface area contributed by atoms with Crippen molar-refractivity contribution in [2.24, 2.45) is 9.98 Å². The SMILES string of the molecule is C=C/C=C(C=C)/C(C)=C/C(=NC(=C)c1ccccc1)c1ccc(-c2ccc(C(/C=C\C(C)=Nc3nc(/C=C\C)c(C=C)cc3C)=C/C)cc2)cc1. The van der Waals surface area contributed by atoms with Crippen molar-refractivity contribution in [2.75, 3.05) is 0 Å². The van der Waals surface area contributed by atoms with E-state index in [9.17, 15) is 0 Å². The summed E-state index contributed by atoms with van der Waals surface area (Å²) in [6.07, 6.45) is 19.6. The maximum atomic E-state index is 4.98. The lowest BCUT2D eigenvalue weighted by atomic mass is 9.97. The zero-order valence-corrected chi connectivity index (χ0v) is 30.5. The fourth-order valence-electron chi connectivity index (χ4n) is 5.47. The van der Waals surface area contributed by atoms with Crippen LogP contribution in [0.4, 0.5) is 5.82 Å². The van der Waals surface area contributed by atoms with Gasteiger partial charge in [-0.3, -0.25) is 0 Å². The van der Waals surface area contributed by atoms with E-state index >= 15 is 0 Å². The fourth-order valence-corrected chi connectivity index (χ4v) is 5.47. The standard InChI is InChI=1S/C48H47N3/c1-10-18-38(12-3)34(6)33-47(50-37(9)41-20-16-15-17-21-41)45-30-28-44(29-31-45)43-26-24-42(25-27-43)39(13-4)23-22-36(8)49-48-35(7)32-40(14-5)46(51-48)19-11-2/h10-33H,1,3,5,9H2,2,4,6-8H3/b19-11-,23-22-,34-33+,38-18+,39-13+,49-36?,50-47?. The molecule has 254 valence electrons. The van der Waals surface area contributed by atoms with Gasteiger partial charge in [-0.1, -0.05) is 148 Å². The van der Waals surface area contributed by atoms with Crippen molar-refractivity contribution in [1.82, 2.24) is 4.98 Å². The molecule has 0 saturated carbocycles. The Morgan fingerprint density at radius 3 is 2.00 bits per heavy atom. The van der Waals surface area contributed by atoms with Crippen LogP contribution in [0.1, 0.15) is 61.2 Å². The Hall–Kier alpha value is -6.19. The maximum Gasteiger partial charge on any atom is 0.155 e. The summed E-state index contributed by atoms with van der Waals surface area (Å²) in [4.78, 5) is 14.6. The Bertz CT molecular complexity index is 2110. The van der Waals surface area contributed by atoms with Gasteiger partial charge in [0.25, 0.3) is 0 Å². The molecule has 0 N–H and O–H groups in total. The van der Waals surface area contributed by atoms with Crippen LogP contribution in [0.15, 0.2) is 181 Å². The minimum atomic E-state index is 0.699. The molecule has 3 nitrogen and oxygen atoms in total. The molecule has 0 fully saturated rings. The second-order valence-electron chi connectivity index (χ2n) is 12.0. The van der Waals surface area contributed by atoms with Crippen molar-refractivity contribution in [2.45, 2.75) is 34.6 Å². The normalized spacial score (nSPS) is 13.2. The molecule has 0 bridgehead atoms. The molecule has 3 heteroatoms. The number of benzene rings is 3. The van der Waals surface area contributed by atoms with Crippen molar-refractivity contribution in [3.63, 3.8) is 0 Å². The highest BCUT2D eigenvalue weighted by Crippen LogP contribution is 2.26. The first kappa shape index (κ1) is 37.6. The minimum Gasteiger partial charge on any atom is -0.248 e. The average Bonchev–Trinajstić information content (AvgIpc) is 3.15. The molecule has 0 aliphatic carbocycles. The van der Waals surface area contributed by atoms with Crippen LogP contribution in [0.5, 0.6) is 0 Å². The smallest absolute Gasteiger partial charge is 0.155 e. The van der Waals surface area contributed by atoms with Gasteiger partial charge in [-0.25, -0.2) is 15.0 Å². The highest BCUT2D eigenvalue weighted by molar-refractivity contribution is 6.11. The largest absolute Gasteiger partial charge is 0.248 e. The van der Waals surface area contributed by atoms with Gasteiger partial charge in [-0.15, -0.1) is 0 Å². The number of aryl methyl sites for hydroxylation is 1. The third kappa shape index (κ3) is 10.2. The van der Waals surface area contributed by atoms with E-state index in [2.05, 4.69) is 113 Å². The molecule has 0 saturated heterocycles. The van der Waals surface area contributed by atoms with Crippen LogP contribution in [-0.2, 0) is 0 Å². The van der Waals surface area contributed by atoms with E-state index < -0.39 is 0 Å². The summed E-state index contributed by atoms with van der Waals surface area (Å²) in [7, 11) is 0. The Morgan fingerprint density at radius 2 is 1.43 bits per heavy atom. The van der Waals surface area contributed by atoms with Gasteiger partial charge in [0.2, 0.25) is 0 Å². The second kappa shape index (κ2) is 18.5. The van der Waals surface area contributed by atoms with Crippen LogP contribution in [-0.4, -0.2) is 16.4 Å². The molecule has 0 unspecified atom stereocenters. The quantitative estimate of drug-likeness (QED) is 0.0975. The van der Waals surface area contributed by atoms with Gasteiger partial charge in [0.15, 0.2) is 5.82 Å². The number of hydrogen-bond donors (Lipinski definition) is 0. The highest BCUT2D eigenvalue weighted by Gasteiger charge is 2.09. The summed E-state index contributed by atoms with van der Waals surface area (Å²) in [5.74, 6) is 0.713. The molecule has 1 heterocycles. The van der Waals surface area contributed by atoms with Gasteiger partial charge < -0.3 is 0 Å². The molecule has 0 aliphatic rings. The third-order valence-electron chi connectivity index (χ3n) is 8.31. The predicted octanol–water partition coefficient (Wildman–Crippen LogP) is 13.2. The number of hydrogen-bond acceptors (Lipinski definition) is 3. The van der Waals surface area contributed by atoms with Gasteiger partial charge in [0, 0.05) is 11.3 Å². The van der Waals surface area contributed by atoms with Crippen molar-refractivity contribution in [1.29, 1.82) is 0 Å². The van der Waals surface area contributed by atoms with Crippen molar-refractivity contribution in [3.05, 3.63) is 205 Å². The zero-order chi connectivity index (χ0) is 36.8. The number of pyridine rings is 1. The summed E-state index contributed by atoms with van der Waals surface area (Å²) in [6.45, 7) is 26.1. The van der Waals surface area contributed by atoms with Gasteiger partial charge in [-0.2, -0.15) is 0 Å². The molecular weight excluding hydrogens is 619 g/mol. The molecule has 0 aliphatic heterocycles. The van der Waals surface area contributed by atoms with Crippen molar-refractivity contribution in [3.8, 4) is 11.1 Å². The Kier molecular flexibility index (Phi) is 13.7. The molecule has 0 spiro atoms. The van der Waals surface area contributed by atoms with Crippen LogP contribution >= 0.6 is 0 Å². The summed E-state index contributed by atoms with van der Waals surface area (Å²) in [5, 5.41) is 0. The second-order valence-corrected chi connectivity index (χ2v) is 12.0. The molecule has 0 amide bonds. The molecular formula is C48H47N3. The summed E-state index contributed by atoms with van der Waals surface area (Å²) in [5.41, 5.74) is 13.7. The van der Waals surface area contributed by atoms with Crippen LogP contribution in [0.2, 0.25) is 0 Å². The van der Waals surface area contributed by atoms with E-state index in [1.807, 2.05) is 87.6 Å².